The van der Waals surface area contributed by atoms with E-state index in [1.165, 1.54) is 0 Å². The third kappa shape index (κ3) is 3.11. The summed E-state index contributed by atoms with van der Waals surface area (Å²) in [6.07, 6.45) is -10.8. The summed E-state index contributed by atoms with van der Waals surface area (Å²) in [6.45, 7) is 1.16. The Hall–Kier alpha value is -1.81. The standard InChI is InChI=1S/C12H6F14O3/c1-2-28-5(27)6(13,4-3-29-4)7(14,15)8(16,17)9(18,19)10(20,21)11(22,23)12(24,25)26/h2,4H,1,3H2. The van der Waals surface area contributed by atoms with Crippen LogP contribution in [0, 0.1) is 0 Å². The second kappa shape index (κ2) is 6.60. The van der Waals surface area contributed by atoms with Crippen molar-refractivity contribution in [2.75, 3.05) is 6.61 Å². The molecule has 0 aliphatic carbocycles. The minimum atomic E-state index is -8.25. The highest BCUT2D eigenvalue weighted by atomic mass is 19.4. The predicted molar refractivity (Wildman–Crippen MR) is 60.7 cm³/mol. The molecule has 1 heterocycles. The number of alkyl halides is 14. The first kappa shape index (κ1) is 25.2. The molecule has 1 rings (SSSR count). The van der Waals surface area contributed by atoms with Gasteiger partial charge >= 0.3 is 47.4 Å². The average molecular weight is 464 g/mol. The van der Waals surface area contributed by atoms with E-state index in [9.17, 15) is 66.3 Å². The van der Waals surface area contributed by atoms with Crippen molar-refractivity contribution in [3.8, 4) is 0 Å². The molecule has 3 nitrogen and oxygen atoms in total. The van der Waals surface area contributed by atoms with Crippen molar-refractivity contribution in [3.63, 3.8) is 0 Å². The Morgan fingerprint density at radius 2 is 1.10 bits per heavy atom. The minimum absolute atomic E-state index is 0.183. The van der Waals surface area contributed by atoms with E-state index >= 15 is 0 Å². The maximum atomic E-state index is 14.4. The Kier molecular flexibility index (Phi) is 5.74. The lowest BCUT2D eigenvalue weighted by Crippen LogP contribution is -2.75. The highest BCUT2D eigenvalue weighted by molar-refractivity contribution is 5.83. The number of rotatable bonds is 8. The van der Waals surface area contributed by atoms with E-state index in [0.717, 1.165) is 0 Å². The Labute approximate surface area is 150 Å². The third-order valence-corrected chi connectivity index (χ3v) is 3.65. The van der Waals surface area contributed by atoms with Crippen LogP contribution in [0.3, 0.4) is 0 Å². The summed E-state index contributed by atoms with van der Waals surface area (Å²) in [4.78, 5) is 11.3. The molecule has 2 unspecified atom stereocenters. The van der Waals surface area contributed by atoms with Crippen molar-refractivity contribution >= 4 is 5.97 Å². The van der Waals surface area contributed by atoms with Crippen molar-refractivity contribution in [1.29, 1.82) is 0 Å². The molecule has 1 fully saturated rings. The lowest BCUT2D eigenvalue weighted by Gasteiger charge is -2.42. The molecule has 1 saturated heterocycles. The fraction of sp³-hybridized carbons (Fsp3) is 0.750. The fourth-order valence-corrected chi connectivity index (χ4v) is 1.90. The number of epoxide rings is 1. The Morgan fingerprint density at radius 3 is 1.41 bits per heavy atom. The van der Waals surface area contributed by atoms with Crippen molar-refractivity contribution < 1.29 is 75.7 Å². The molecule has 1 aliphatic heterocycles. The zero-order chi connectivity index (χ0) is 23.5. The molecule has 170 valence electrons. The van der Waals surface area contributed by atoms with Gasteiger partial charge in [0.1, 0.15) is 6.10 Å². The zero-order valence-electron chi connectivity index (χ0n) is 13.1. The number of carbonyl (C=O) groups excluding carboxylic acids is 1. The average Bonchev–Trinajstić information content (AvgIpc) is 3.37. The van der Waals surface area contributed by atoms with Gasteiger partial charge in [-0.15, -0.1) is 0 Å². The molecule has 29 heavy (non-hydrogen) atoms. The fourth-order valence-electron chi connectivity index (χ4n) is 1.90. The van der Waals surface area contributed by atoms with Crippen LogP contribution >= 0.6 is 0 Å². The molecule has 0 spiro atoms. The van der Waals surface area contributed by atoms with Gasteiger partial charge in [-0.2, -0.15) is 57.1 Å². The third-order valence-electron chi connectivity index (χ3n) is 3.65. The van der Waals surface area contributed by atoms with Crippen molar-refractivity contribution in [2.45, 2.75) is 47.6 Å². The van der Waals surface area contributed by atoms with E-state index < -0.39 is 60.1 Å². The molecule has 0 saturated carbocycles. The van der Waals surface area contributed by atoms with Crippen molar-refractivity contribution in [3.05, 3.63) is 12.8 Å². The first-order valence-electron chi connectivity index (χ1n) is 6.67. The number of esters is 1. The van der Waals surface area contributed by atoms with Crippen LogP contribution in [0.1, 0.15) is 0 Å². The van der Waals surface area contributed by atoms with Gasteiger partial charge in [0.05, 0.1) is 12.9 Å². The normalized spacial score (nSPS) is 21.4. The lowest BCUT2D eigenvalue weighted by molar-refractivity contribution is -0.446. The molecular formula is C12H6F14O3. The minimum Gasteiger partial charge on any atom is -0.433 e. The molecular weight excluding hydrogens is 458 g/mol. The largest absolute Gasteiger partial charge is 0.460 e. The van der Waals surface area contributed by atoms with Gasteiger partial charge in [0.25, 0.3) is 0 Å². The molecule has 2 atom stereocenters. The molecule has 0 aromatic rings. The van der Waals surface area contributed by atoms with Crippen LogP contribution in [0.2, 0.25) is 0 Å². The Bertz CT molecular complexity index is 665. The number of halogens is 14. The topological polar surface area (TPSA) is 38.8 Å². The molecule has 0 aromatic heterocycles. The molecule has 0 N–H and O–H groups in total. The first-order chi connectivity index (χ1) is 12.6. The number of hydrogen-bond donors (Lipinski definition) is 0. The van der Waals surface area contributed by atoms with Gasteiger partial charge in [-0.1, -0.05) is 6.58 Å². The molecule has 0 aromatic carbocycles. The van der Waals surface area contributed by atoms with E-state index in [2.05, 4.69) is 16.1 Å². The molecule has 0 radical (unpaired) electrons. The maximum Gasteiger partial charge on any atom is 0.460 e. The highest BCUT2D eigenvalue weighted by Gasteiger charge is 2.94. The Balaban J connectivity index is 3.64. The van der Waals surface area contributed by atoms with E-state index in [1.807, 2.05) is 0 Å². The first-order valence-corrected chi connectivity index (χ1v) is 6.67. The van der Waals surface area contributed by atoms with Gasteiger partial charge in [0, 0.05) is 0 Å². The van der Waals surface area contributed by atoms with Gasteiger partial charge in [-0.05, 0) is 0 Å². The molecule has 17 heteroatoms. The summed E-state index contributed by atoms with van der Waals surface area (Å²) >= 11 is 0. The smallest absolute Gasteiger partial charge is 0.433 e. The molecule has 0 amide bonds. The quantitative estimate of drug-likeness (QED) is 0.230. The van der Waals surface area contributed by atoms with E-state index in [0.29, 0.717) is 0 Å². The van der Waals surface area contributed by atoms with Crippen molar-refractivity contribution in [2.24, 2.45) is 0 Å². The summed E-state index contributed by atoms with van der Waals surface area (Å²) in [5.74, 6) is -42.9. The van der Waals surface area contributed by atoms with Crippen LogP contribution < -0.4 is 0 Å². The zero-order valence-corrected chi connectivity index (χ0v) is 13.1. The van der Waals surface area contributed by atoms with E-state index in [-0.39, 0.29) is 6.26 Å². The number of carbonyl (C=O) groups is 1. The van der Waals surface area contributed by atoms with Crippen LogP contribution in [-0.2, 0) is 14.3 Å². The monoisotopic (exact) mass is 464 g/mol. The van der Waals surface area contributed by atoms with Crippen LogP contribution in [-0.4, -0.2) is 60.1 Å². The summed E-state index contributed by atoms with van der Waals surface area (Å²) < 4.78 is 191. The van der Waals surface area contributed by atoms with E-state index in [1.54, 1.807) is 0 Å². The van der Waals surface area contributed by atoms with Gasteiger partial charge < -0.3 is 9.47 Å². The van der Waals surface area contributed by atoms with Gasteiger partial charge in [0.15, 0.2) is 0 Å². The number of ether oxygens (including phenoxy) is 2. The van der Waals surface area contributed by atoms with Crippen LogP contribution in [0.5, 0.6) is 0 Å². The van der Waals surface area contributed by atoms with Crippen LogP contribution in [0.4, 0.5) is 61.5 Å². The predicted octanol–water partition coefficient (Wildman–Crippen LogP) is 4.52. The Morgan fingerprint density at radius 1 is 0.759 bits per heavy atom. The second-order valence-electron chi connectivity index (χ2n) is 5.48. The maximum absolute atomic E-state index is 14.4. The molecule has 1 aliphatic rings. The second-order valence-corrected chi connectivity index (χ2v) is 5.48. The van der Waals surface area contributed by atoms with Gasteiger partial charge in [0.2, 0.25) is 0 Å². The van der Waals surface area contributed by atoms with Crippen molar-refractivity contribution in [1.82, 2.24) is 0 Å². The van der Waals surface area contributed by atoms with Crippen LogP contribution in [0.25, 0.3) is 0 Å². The van der Waals surface area contributed by atoms with Gasteiger partial charge in [-0.3, -0.25) is 0 Å². The van der Waals surface area contributed by atoms with Crippen LogP contribution in [0.15, 0.2) is 12.8 Å². The summed E-state index contributed by atoms with van der Waals surface area (Å²) in [6, 6.07) is 0. The molecule has 0 bridgehead atoms. The summed E-state index contributed by atoms with van der Waals surface area (Å²) in [5.41, 5.74) is -5.70. The summed E-state index contributed by atoms with van der Waals surface area (Å²) in [5, 5.41) is 0. The SMILES string of the molecule is C=COC(=O)C(F)(C1CO1)C(F)(F)C(F)(F)C(F)(F)C(F)(F)C(F)(F)C(F)(F)F. The van der Waals surface area contributed by atoms with E-state index in [4.69, 9.17) is 0 Å². The summed E-state index contributed by atoms with van der Waals surface area (Å²) in [7, 11) is 0. The lowest BCUT2D eigenvalue weighted by atomic mass is 9.83. The highest BCUT2D eigenvalue weighted by Crippen LogP contribution is 2.63. The number of hydrogen-bond acceptors (Lipinski definition) is 3. The van der Waals surface area contributed by atoms with Gasteiger partial charge in [-0.25, -0.2) is 9.18 Å².